The second-order valence-corrected chi connectivity index (χ2v) is 10.7. The Bertz CT molecular complexity index is 821. The predicted octanol–water partition coefficient (Wildman–Crippen LogP) is 3.01. The number of hydrogen-bond donors (Lipinski definition) is 0. The van der Waals surface area contributed by atoms with Crippen LogP contribution in [0.25, 0.3) is 0 Å². The third-order valence-electron chi connectivity index (χ3n) is 4.19. The minimum atomic E-state index is -3.04. The van der Waals surface area contributed by atoms with Crippen molar-refractivity contribution in [2.24, 2.45) is 10.9 Å². The fourth-order valence-electron chi connectivity index (χ4n) is 2.87. The lowest BCUT2D eigenvalue weighted by Crippen LogP contribution is -2.37. The number of aliphatic imine (C=N–C) groups is 1. The van der Waals surface area contributed by atoms with Crippen LogP contribution in [0.4, 0.5) is 5.69 Å². The molecule has 0 bridgehead atoms. The van der Waals surface area contributed by atoms with Gasteiger partial charge in [-0.05, 0) is 30.7 Å². The molecule has 1 aromatic rings. The maximum Gasteiger partial charge on any atom is 0.250 e. The molecule has 0 unspecified atom stereocenters. The molecule has 0 aromatic heterocycles. The molecule has 2 aliphatic rings. The Kier molecular flexibility index (Phi) is 4.83. The molecule has 5 nitrogen and oxygen atoms in total. The van der Waals surface area contributed by atoms with E-state index in [4.69, 9.17) is 0 Å². The number of amides is 1. The zero-order chi connectivity index (χ0) is 17.6. The standard InChI is InChI=1S/C16H19BrN2O3S2/c1-9(2)15(20)18-16-19(11-4-5-12(17)10(3)6-11)13-7-24(21,22)8-14(13)23-16/h4-6,9,13-14H,7-8H2,1-3H3/t13-,14-/m0/s1. The average Bonchev–Trinajstić information content (AvgIpc) is 2.93. The monoisotopic (exact) mass is 430 g/mol. The number of carbonyl (C=O) groups excluding carboxylic acids is 1. The van der Waals surface area contributed by atoms with Crippen molar-refractivity contribution in [1.82, 2.24) is 0 Å². The van der Waals surface area contributed by atoms with Gasteiger partial charge >= 0.3 is 0 Å². The first kappa shape index (κ1) is 17.9. The highest BCUT2D eigenvalue weighted by Crippen LogP contribution is 2.41. The Morgan fingerprint density at radius 1 is 1.38 bits per heavy atom. The molecule has 8 heteroatoms. The lowest BCUT2D eigenvalue weighted by Gasteiger charge is -2.25. The average molecular weight is 431 g/mol. The molecular weight excluding hydrogens is 412 g/mol. The Labute approximate surface area is 155 Å². The number of nitrogens with zero attached hydrogens (tertiary/aromatic N) is 2. The van der Waals surface area contributed by atoms with E-state index in [9.17, 15) is 13.2 Å². The van der Waals surface area contributed by atoms with Crippen molar-refractivity contribution < 1.29 is 13.2 Å². The predicted molar refractivity (Wildman–Crippen MR) is 102 cm³/mol. The van der Waals surface area contributed by atoms with Gasteiger partial charge in [0, 0.05) is 21.3 Å². The molecule has 0 spiro atoms. The fourth-order valence-corrected chi connectivity index (χ4v) is 7.03. The highest BCUT2D eigenvalue weighted by molar-refractivity contribution is 9.10. The number of amidine groups is 1. The van der Waals surface area contributed by atoms with E-state index < -0.39 is 9.84 Å². The van der Waals surface area contributed by atoms with Gasteiger partial charge in [-0.1, -0.05) is 41.5 Å². The molecule has 3 rings (SSSR count). The van der Waals surface area contributed by atoms with Crippen LogP contribution in [0.3, 0.4) is 0 Å². The van der Waals surface area contributed by atoms with Crippen LogP contribution in [0.1, 0.15) is 19.4 Å². The number of hydrogen-bond acceptors (Lipinski definition) is 4. The van der Waals surface area contributed by atoms with Crippen molar-refractivity contribution in [3.8, 4) is 0 Å². The summed E-state index contributed by atoms with van der Waals surface area (Å²) in [4.78, 5) is 18.3. The zero-order valence-corrected chi connectivity index (χ0v) is 16.9. The summed E-state index contributed by atoms with van der Waals surface area (Å²) in [5, 5.41) is 0.540. The number of thioether (sulfide) groups is 1. The number of benzene rings is 1. The van der Waals surface area contributed by atoms with E-state index in [0.29, 0.717) is 5.17 Å². The maximum atomic E-state index is 12.1. The smallest absolute Gasteiger partial charge is 0.250 e. The van der Waals surface area contributed by atoms with Gasteiger partial charge in [0.25, 0.3) is 5.91 Å². The van der Waals surface area contributed by atoms with E-state index in [1.165, 1.54) is 11.8 Å². The van der Waals surface area contributed by atoms with Crippen LogP contribution in [-0.2, 0) is 14.6 Å². The maximum absolute atomic E-state index is 12.1. The van der Waals surface area contributed by atoms with Crippen LogP contribution in [0.5, 0.6) is 0 Å². The largest absolute Gasteiger partial charge is 0.316 e. The number of sulfone groups is 1. The van der Waals surface area contributed by atoms with Crippen LogP contribution in [0.2, 0.25) is 0 Å². The minimum Gasteiger partial charge on any atom is -0.316 e. The lowest BCUT2D eigenvalue weighted by molar-refractivity contribution is -0.120. The molecule has 0 N–H and O–H groups in total. The first-order valence-electron chi connectivity index (χ1n) is 7.73. The summed E-state index contributed by atoms with van der Waals surface area (Å²) < 4.78 is 25.0. The summed E-state index contributed by atoms with van der Waals surface area (Å²) in [5.74, 6) is -0.118. The normalized spacial score (nSPS) is 27.0. The number of anilines is 1. The van der Waals surface area contributed by atoms with Crippen molar-refractivity contribution >= 4 is 54.3 Å². The number of carbonyl (C=O) groups is 1. The van der Waals surface area contributed by atoms with Gasteiger partial charge in [-0.15, -0.1) is 0 Å². The van der Waals surface area contributed by atoms with Gasteiger partial charge in [-0.25, -0.2) is 8.42 Å². The van der Waals surface area contributed by atoms with E-state index in [1.807, 2.05) is 43.9 Å². The van der Waals surface area contributed by atoms with Gasteiger partial charge in [-0.3, -0.25) is 4.79 Å². The van der Waals surface area contributed by atoms with E-state index in [2.05, 4.69) is 20.9 Å². The Hall–Kier alpha value is -0.860. The lowest BCUT2D eigenvalue weighted by atomic mass is 10.1. The molecule has 2 fully saturated rings. The molecule has 0 aliphatic carbocycles. The molecule has 2 heterocycles. The molecule has 24 heavy (non-hydrogen) atoms. The summed E-state index contributed by atoms with van der Waals surface area (Å²) in [6.45, 7) is 5.60. The topological polar surface area (TPSA) is 66.8 Å². The quantitative estimate of drug-likeness (QED) is 0.720. The molecule has 0 saturated carbocycles. The van der Waals surface area contributed by atoms with E-state index in [-0.39, 0.29) is 34.6 Å². The Morgan fingerprint density at radius 3 is 2.71 bits per heavy atom. The fraction of sp³-hybridized carbons (Fsp3) is 0.500. The van der Waals surface area contributed by atoms with Crippen molar-refractivity contribution in [3.63, 3.8) is 0 Å². The van der Waals surface area contributed by atoms with Crippen molar-refractivity contribution in [1.29, 1.82) is 0 Å². The highest BCUT2D eigenvalue weighted by Gasteiger charge is 2.49. The Morgan fingerprint density at radius 2 is 2.08 bits per heavy atom. The third-order valence-corrected chi connectivity index (χ3v) is 8.29. The van der Waals surface area contributed by atoms with Gasteiger partial charge in [0.05, 0.1) is 17.5 Å². The summed E-state index contributed by atoms with van der Waals surface area (Å²) in [6, 6.07) is 5.70. The van der Waals surface area contributed by atoms with Crippen LogP contribution in [0, 0.1) is 12.8 Å². The third kappa shape index (κ3) is 3.41. The SMILES string of the molecule is Cc1cc(N2C(=NC(=O)C(C)C)S[C@H]3CS(=O)(=O)C[C@@H]32)ccc1Br. The molecule has 130 valence electrons. The molecule has 1 aromatic carbocycles. The number of fused-ring (bicyclic) bond motifs is 1. The van der Waals surface area contributed by atoms with Crippen LogP contribution in [-0.4, -0.2) is 42.3 Å². The number of halogens is 1. The number of aryl methyl sites for hydroxylation is 1. The van der Waals surface area contributed by atoms with Crippen molar-refractivity contribution in [2.75, 3.05) is 16.4 Å². The highest BCUT2D eigenvalue weighted by atomic mass is 79.9. The summed E-state index contributed by atoms with van der Waals surface area (Å²) in [7, 11) is -3.04. The molecule has 0 radical (unpaired) electrons. The van der Waals surface area contributed by atoms with Gasteiger partial charge in [0.15, 0.2) is 15.0 Å². The summed E-state index contributed by atoms with van der Waals surface area (Å²) >= 11 is 4.89. The molecule has 2 saturated heterocycles. The minimum absolute atomic E-state index is 0.0716. The van der Waals surface area contributed by atoms with Crippen molar-refractivity contribution in [3.05, 3.63) is 28.2 Å². The summed E-state index contributed by atoms with van der Waals surface area (Å²) in [5.41, 5.74) is 1.93. The van der Waals surface area contributed by atoms with Crippen LogP contribution in [0.15, 0.2) is 27.7 Å². The molecule has 1 amide bonds. The Balaban J connectivity index is 2.04. The van der Waals surface area contributed by atoms with E-state index >= 15 is 0 Å². The van der Waals surface area contributed by atoms with Crippen molar-refractivity contribution in [2.45, 2.75) is 32.1 Å². The van der Waals surface area contributed by atoms with E-state index in [1.54, 1.807) is 0 Å². The second kappa shape index (κ2) is 6.46. The molecule has 2 aliphatic heterocycles. The van der Waals surface area contributed by atoms with Gasteiger partial charge < -0.3 is 4.90 Å². The molecule has 2 atom stereocenters. The van der Waals surface area contributed by atoms with Gasteiger partial charge in [0.2, 0.25) is 0 Å². The van der Waals surface area contributed by atoms with Crippen LogP contribution < -0.4 is 4.90 Å². The van der Waals surface area contributed by atoms with Gasteiger partial charge in [-0.2, -0.15) is 4.99 Å². The summed E-state index contributed by atoms with van der Waals surface area (Å²) in [6.07, 6.45) is 0. The first-order chi connectivity index (χ1) is 11.2. The second-order valence-electron chi connectivity index (χ2n) is 6.49. The van der Waals surface area contributed by atoms with E-state index in [0.717, 1.165) is 15.7 Å². The first-order valence-corrected chi connectivity index (χ1v) is 11.2. The van der Waals surface area contributed by atoms with Gasteiger partial charge in [0.1, 0.15) is 0 Å². The zero-order valence-electron chi connectivity index (χ0n) is 13.7. The number of rotatable bonds is 2. The van der Waals surface area contributed by atoms with Crippen LogP contribution >= 0.6 is 27.7 Å². The molecular formula is C16H19BrN2O3S2.